The number of rotatable bonds is 9. The number of nitrogens with one attached hydrogen (secondary N) is 2. The van der Waals surface area contributed by atoms with Gasteiger partial charge in [0.2, 0.25) is 27.7 Å². The summed E-state index contributed by atoms with van der Waals surface area (Å²) in [7, 11) is -3.04. The summed E-state index contributed by atoms with van der Waals surface area (Å²) in [5.41, 5.74) is -4.93. The van der Waals surface area contributed by atoms with Gasteiger partial charge in [-0.3, -0.25) is 24.0 Å². The molecule has 0 bridgehead atoms. The number of ether oxygens (including phenoxy) is 2. The molecule has 0 spiro atoms. The molecule has 1 saturated heterocycles. The molecule has 7 atom stereocenters. The van der Waals surface area contributed by atoms with Gasteiger partial charge in [-0.2, -0.15) is 13.2 Å². The Morgan fingerprint density at radius 2 is 1.85 bits per heavy atom. The minimum Gasteiger partial charge on any atom is -0.497 e. The van der Waals surface area contributed by atoms with Crippen molar-refractivity contribution in [3.05, 3.63) is 41.6 Å². The Balaban J connectivity index is 1.43. The number of alkyl halides is 4. The molecule has 0 unspecified atom stereocenters. The lowest BCUT2D eigenvalue weighted by molar-refractivity contribution is -0.222. The van der Waals surface area contributed by atoms with Crippen LogP contribution in [0, 0.1) is 17.8 Å². The number of fused-ring (bicyclic) bond motifs is 3. The molecule has 4 amide bonds. The number of methoxy groups -OCH3 is 1. The molecule has 2 saturated carbocycles. The molecule has 3 heterocycles. The third kappa shape index (κ3) is 8.37. The van der Waals surface area contributed by atoms with E-state index in [1.807, 2.05) is 11.6 Å². The van der Waals surface area contributed by atoms with E-state index < -0.39 is 99.1 Å². The van der Waals surface area contributed by atoms with Gasteiger partial charge in [0.1, 0.15) is 51.6 Å². The standard InChI is InChI=1S/C39H48ClF4N5O9S/c1-21-8-6-7-9-24-18-38(24,34(52)47-59(55,56)37(20-41)12-13-37)46-31(50)28-17-26(58-32-27-11-10-25(57-5)15-23(27)16-29(40)45-32)19-48(28)33(51)30(22(2)14-21)49(35(53)54)36(3,4)39(42,43)44/h7,9-11,15-16,21-22,24,26,28,30H,6,8,12-14,17-20H2,1-5H3,(H,46,50)(H,47,52)(H,53,54)/t21-,22+,24+,26+,28-,30-,38+/m0/s1. The lowest BCUT2D eigenvalue weighted by atomic mass is 9.85. The molecular formula is C39H48ClF4N5O9S. The van der Waals surface area contributed by atoms with Crippen LogP contribution in [0.3, 0.4) is 0 Å². The summed E-state index contributed by atoms with van der Waals surface area (Å²) in [5.74, 6) is -4.64. The first-order chi connectivity index (χ1) is 27.5. The molecule has 3 N–H and O–H groups in total. The third-order valence-corrected chi connectivity index (χ3v) is 14.6. The molecule has 2 aliphatic carbocycles. The Morgan fingerprint density at radius 1 is 1.15 bits per heavy atom. The molecular weight excluding hydrogens is 826 g/mol. The molecule has 1 aromatic carbocycles. The summed E-state index contributed by atoms with van der Waals surface area (Å²) in [5, 5.41) is 14.1. The van der Waals surface area contributed by atoms with Gasteiger partial charge >= 0.3 is 12.3 Å². The molecule has 14 nitrogen and oxygen atoms in total. The summed E-state index contributed by atoms with van der Waals surface area (Å²) in [6, 6.07) is 3.00. The number of allylic oxidation sites excluding steroid dienone is 1. The van der Waals surface area contributed by atoms with Crippen molar-refractivity contribution >= 4 is 56.2 Å². The van der Waals surface area contributed by atoms with Crippen LogP contribution in [0.5, 0.6) is 11.6 Å². The fraction of sp³-hybridized carbons (Fsp3) is 0.615. The Bertz CT molecular complexity index is 2150. The first-order valence-electron chi connectivity index (χ1n) is 19.3. The minimum atomic E-state index is -5.13. The molecule has 20 heteroatoms. The number of pyridine rings is 1. The predicted octanol–water partition coefficient (Wildman–Crippen LogP) is 5.77. The Labute approximate surface area is 344 Å². The van der Waals surface area contributed by atoms with Crippen LogP contribution in [0.4, 0.5) is 22.4 Å². The van der Waals surface area contributed by atoms with Crippen molar-refractivity contribution in [3.8, 4) is 11.6 Å². The molecule has 2 aromatic rings. The largest absolute Gasteiger partial charge is 0.497 e. The van der Waals surface area contributed by atoms with Gasteiger partial charge in [0, 0.05) is 17.7 Å². The fourth-order valence-electron chi connectivity index (χ4n) is 8.29. The number of hydrogen-bond donors (Lipinski definition) is 3. The van der Waals surface area contributed by atoms with Crippen molar-refractivity contribution in [1.29, 1.82) is 0 Å². The molecule has 59 heavy (non-hydrogen) atoms. The molecule has 324 valence electrons. The normalized spacial score (nSPS) is 28.7. The molecule has 6 rings (SSSR count). The van der Waals surface area contributed by atoms with Gasteiger partial charge in [-0.1, -0.05) is 37.6 Å². The van der Waals surface area contributed by atoms with E-state index in [1.54, 1.807) is 36.4 Å². The molecule has 1 aromatic heterocycles. The molecule has 0 radical (unpaired) electrons. The second-order valence-electron chi connectivity index (χ2n) is 16.8. The van der Waals surface area contributed by atoms with Crippen molar-refractivity contribution in [2.24, 2.45) is 17.8 Å². The van der Waals surface area contributed by atoms with Gasteiger partial charge in [-0.25, -0.2) is 22.6 Å². The van der Waals surface area contributed by atoms with E-state index in [-0.39, 0.29) is 54.0 Å². The van der Waals surface area contributed by atoms with Gasteiger partial charge in [0.15, 0.2) is 0 Å². The first-order valence-corrected chi connectivity index (χ1v) is 21.2. The summed E-state index contributed by atoms with van der Waals surface area (Å²) < 4.78 is 96.1. The number of sulfonamides is 1. The summed E-state index contributed by atoms with van der Waals surface area (Å²) in [4.78, 5) is 61.7. The highest BCUT2D eigenvalue weighted by Crippen LogP contribution is 2.48. The lowest BCUT2D eigenvalue weighted by Gasteiger charge is -2.45. The van der Waals surface area contributed by atoms with Crippen LogP contribution in [0.1, 0.15) is 72.6 Å². The molecule has 3 fully saturated rings. The first kappa shape index (κ1) is 44.2. The second kappa shape index (κ2) is 15.9. The number of amides is 4. The van der Waals surface area contributed by atoms with Gasteiger partial charge in [0.25, 0.3) is 5.91 Å². The third-order valence-electron chi connectivity index (χ3n) is 12.3. The average Bonchev–Trinajstić information content (AvgIpc) is 4.05. The number of carbonyl (C=O) groups excluding carboxylic acids is 3. The maximum atomic E-state index is 15.0. The number of carbonyl (C=O) groups is 4. The highest BCUT2D eigenvalue weighted by atomic mass is 35.5. The number of halogens is 5. The van der Waals surface area contributed by atoms with Crippen molar-refractivity contribution in [1.82, 2.24) is 24.8 Å². The van der Waals surface area contributed by atoms with Crippen LogP contribution < -0.4 is 19.5 Å². The molecule has 4 aliphatic rings. The van der Waals surface area contributed by atoms with Crippen LogP contribution in [0.15, 0.2) is 36.4 Å². The number of nitrogens with zero attached hydrogens (tertiary/aromatic N) is 3. The average molecular weight is 874 g/mol. The van der Waals surface area contributed by atoms with Crippen molar-refractivity contribution < 1.29 is 59.7 Å². The van der Waals surface area contributed by atoms with E-state index in [1.165, 1.54) is 14.0 Å². The Hall–Kier alpha value is -4.39. The second-order valence-corrected chi connectivity index (χ2v) is 19.3. The number of aromatic nitrogens is 1. The Kier molecular flexibility index (Phi) is 11.9. The smallest absolute Gasteiger partial charge is 0.411 e. The zero-order valence-corrected chi connectivity index (χ0v) is 34.7. The van der Waals surface area contributed by atoms with E-state index >= 15 is 0 Å². The minimum absolute atomic E-state index is 0.00404. The number of carboxylic acid groups (broad SMARTS) is 1. The van der Waals surface area contributed by atoms with E-state index in [0.717, 1.165) is 4.90 Å². The monoisotopic (exact) mass is 873 g/mol. The number of hydrogen-bond acceptors (Lipinski definition) is 9. The van der Waals surface area contributed by atoms with Crippen LogP contribution in [0.25, 0.3) is 10.8 Å². The van der Waals surface area contributed by atoms with Crippen molar-refractivity contribution in [3.63, 3.8) is 0 Å². The van der Waals surface area contributed by atoms with Crippen LogP contribution >= 0.6 is 11.6 Å². The maximum absolute atomic E-state index is 15.0. The van der Waals surface area contributed by atoms with Gasteiger partial charge < -0.3 is 24.8 Å². The fourth-order valence-corrected chi connectivity index (χ4v) is 9.91. The quantitative estimate of drug-likeness (QED) is 0.159. The summed E-state index contributed by atoms with van der Waals surface area (Å²) in [6.07, 6.45) is -4.19. The van der Waals surface area contributed by atoms with Crippen molar-refractivity contribution in [2.45, 2.75) is 113 Å². The van der Waals surface area contributed by atoms with Gasteiger partial charge in [0.05, 0.1) is 13.7 Å². The summed E-state index contributed by atoms with van der Waals surface area (Å²) >= 11 is 6.34. The Morgan fingerprint density at radius 3 is 2.46 bits per heavy atom. The topological polar surface area (TPSA) is 185 Å². The van der Waals surface area contributed by atoms with Crippen molar-refractivity contribution in [2.75, 3.05) is 20.3 Å². The molecule has 2 aliphatic heterocycles. The zero-order valence-electron chi connectivity index (χ0n) is 33.1. The van der Waals surface area contributed by atoms with Crippen LogP contribution in [0.2, 0.25) is 5.15 Å². The van der Waals surface area contributed by atoms with E-state index in [2.05, 4.69) is 10.3 Å². The summed E-state index contributed by atoms with van der Waals surface area (Å²) in [6.45, 7) is 2.97. The van der Waals surface area contributed by atoms with E-state index in [9.17, 15) is 50.3 Å². The SMILES string of the molecule is COc1ccc2c(O[C@@H]3C[C@H]4C(=O)N[C@]5(C(=O)NS(=O)(=O)C6(CF)CC6)C[C@H]5C=CCC[C@H](C)C[C@@H](C)[C@H](N(C(=O)O)C(C)(C)C(F)(F)F)C(=O)N4C3)nc(Cl)cc2c1. The highest BCUT2D eigenvalue weighted by Gasteiger charge is 2.64. The van der Waals surface area contributed by atoms with Crippen LogP contribution in [-0.4, -0.2) is 113 Å². The number of benzene rings is 1. The van der Waals surface area contributed by atoms with E-state index in [4.69, 9.17) is 21.1 Å². The highest BCUT2D eigenvalue weighted by molar-refractivity contribution is 7.91. The maximum Gasteiger partial charge on any atom is 0.411 e. The van der Waals surface area contributed by atoms with Gasteiger partial charge in [-0.05, 0) is 93.9 Å². The lowest BCUT2D eigenvalue weighted by Crippen LogP contribution is -2.66. The predicted molar refractivity (Wildman–Crippen MR) is 207 cm³/mol. The van der Waals surface area contributed by atoms with E-state index in [0.29, 0.717) is 43.2 Å². The zero-order chi connectivity index (χ0) is 43.5. The van der Waals surface area contributed by atoms with Gasteiger partial charge in [-0.15, -0.1) is 0 Å². The van der Waals surface area contributed by atoms with Crippen LogP contribution in [-0.2, 0) is 24.4 Å².